The molecule has 112 valence electrons. The molecule has 0 saturated carbocycles. The highest BCUT2D eigenvalue weighted by molar-refractivity contribution is 6.30. The predicted molar refractivity (Wildman–Crippen MR) is 87.0 cm³/mol. The molecule has 0 radical (unpaired) electrons. The van der Waals surface area contributed by atoms with E-state index in [4.69, 9.17) is 17.3 Å². The van der Waals surface area contributed by atoms with Crippen LogP contribution in [0.25, 0.3) is 0 Å². The van der Waals surface area contributed by atoms with E-state index in [9.17, 15) is 0 Å². The predicted octanol–water partition coefficient (Wildman–Crippen LogP) is 4.10. The fourth-order valence-corrected chi connectivity index (χ4v) is 3.53. The first-order valence-electron chi connectivity index (χ1n) is 7.81. The molecule has 0 aliphatic carbocycles. The summed E-state index contributed by atoms with van der Waals surface area (Å²) >= 11 is 6.12. The lowest BCUT2D eigenvalue weighted by molar-refractivity contribution is 0.204. The fourth-order valence-electron chi connectivity index (χ4n) is 3.33. The van der Waals surface area contributed by atoms with E-state index in [-0.39, 0.29) is 0 Å². The van der Waals surface area contributed by atoms with Gasteiger partial charge < -0.3 is 5.73 Å². The Morgan fingerprint density at radius 3 is 2.75 bits per heavy atom. The molecular formula is C17H27ClN2. The van der Waals surface area contributed by atoms with Gasteiger partial charge in [0.1, 0.15) is 0 Å². The summed E-state index contributed by atoms with van der Waals surface area (Å²) in [5.41, 5.74) is 7.30. The van der Waals surface area contributed by atoms with Gasteiger partial charge in [-0.1, -0.05) is 37.6 Å². The summed E-state index contributed by atoms with van der Waals surface area (Å²) in [6.07, 6.45) is 3.91. The number of hydrogen-bond acceptors (Lipinski definition) is 2. The lowest BCUT2D eigenvalue weighted by Crippen LogP contribution is -2.34. The van der Waals surface area contributed by atoms with E-state index < -0.39 is 0 Å². The summed E-state index contributed by atoms with van der Waals surface area (Å²) in [7, 11) is 0. The van der Waals surface area contributed by atoms with E-state index in [0.717, 1.165) is 29.9 Å². The highest BCUT2D eigenvalue weighted by atomic mass is 35.5. The summed E-state index contributed by atoms with van der Waals surface area (Å²) in [4.78, 5) is 2.55. The topological polar surface area (TPSA) is 29.3 Å². The molecular weight excluding hydrogens is 268 g/mol. The van der Waals surface area contributed by atoms with Crippen molar-refractivity contribution in [3.05, 3.63) is 34.9 Å². The van der Waals surface area contributed by atoms with Gasteiger partial charge >= 0.3 is 0 Å². The van der Waals surface area contributed by atoms with Gasteiger partial charge in [0.05, 0.1) is 0 Å². The van der Waals surface area contributed by atoms with E-state index >= 15 is 0 Å². The van der Waals surface area contributed by atoms with Crippen molar-refractivity contribution in [3.63, 3.8) is 0 Å². The van der Waals surface area contributed by atoms with Crippen LogP contribution in [-0.4, -0.2) is 24.5 Å². The van der Waals surface area contributed by atoms with Gasteiger partial charge in [0.2, 0.25) is 0 Å². The van der Waals surface area contributed by atoms with Crippen molar-refractivity contribution < 1.29 is 0 Å². The summed E-state index contributed by atoms with van der Waals surface area (Å²) in [6, 6.07) is 8.46. The van der Waals surface area contributed by atoms with Gasteiger partial charge in [-0.25, -0.2) is 0 Å². The molecule has 1 heterocycles. The molecule has 1 aliphatic rings. The molecule has 1 aromatic carbocycles. The second kappa shape index (κ2) is 7.44. The third kappa shape index (κ3) is 3.97. The first kappa shape index (κ1) is 15.8. The van der Waals surface area contributed by atoms with Crippen LogP contribution < -0.4 is 5.73 Å². The molecule has 2 rings (SSSR count). The van der Waals surface area contributed by atoms with Gasteiger partial charge in [0.25, 0.3) is 0 Å². The lowest BCUT2D eigenvalue weighted by atomic mass is 9.89. The molecule has 0 bridgehead atoms. The maximum absolute atomic E-state index is 6.12. The smallest absolute Gasteiger partial charge is 0.0470 e. The largest absolute Gasteiger partial charge is 0.329 e. The summed E-state index contributed by atoms with van der Waals surface area (Å²) < 4.78 is 0. The highest BCUT2D eigenvalue weighted by Gasteiger charge is 2.24. The maximum atomic E-state index is 6.12. The highest BCUT2D eigenvalue weighted by Crippen LogP contribution is 2.29. The fraction of sp³-hybridized carbons (Fsp3) is 0.647. The van der Waals surface area contributed by atoms with Gasteiger partial charge in [-0.2, -0.15) is 0 Å². The van der Waals surface area contributed by atoms with Crippen LogP contribution in [0.2, 0.25) is 5.02 Å². The van der Waals surface area contributed by atoms with E-state index in [1.165, 1.54) is 24.8 Å². The van der Waals surface area contributed by atoms with E-state index in [0.29, 0.717) is 12.6 Å². The minimum atomic E-state index is 0.305. The maximum Gasteiger partial charge on any atom is 0.0470 e. The molecule has 1 fully saturated rings. The Morgan fingerprint density at radius 1 is 1.30 bits per heavy atom. The van der Waals surface area contributed by atoms with Crippen LogP contribution in [0.15, 0.2) is 24.3 Å². The summed E-state index contributed by atoms with van der Waals surface area (Å²) in [5, 5.41) is 0.802. The molecule has 0 amide bonds. The van der Waals surface area contributed by atoms with Crippen molar-refractivity contribution in [2.45, 2.75) is 39.2 Å². The zero-order chi connectivity index (χ0) is 14.5. The zero-order valence-electron chi connectivity index (χ0n) is 12.7. The van der Waals surface area contributed by atoms with Gasteiger partial charge in [-0.05, 0) is 61.9 Å². The number of halogens is 1. The minimum Gasteiger partial charge on any atom is -0.329 e. The molecule has 2 N–H and O–H groups in total. The molecule has 1 saturated heterocycles. The number of rotatable bonds is 4. The zero-order valence-corrected chi connectivity index (χ0v) is 13.4. The number of likely N-dealkylation sites (tertiary alicyclic amines) is 1. The third-order valence-electron chi connectivity index (χ3n) is 4.65. The van der Waals surface area contributed by atoms with Crippen LogP contribution >= 0.6 is 11.6 Å². The van der Waals surface area contributed by atoms with Gasteiger partial charge in [0, 0.05) is 17.6 Å². The van der Waals surface area contributed by atoms with Crippen molar-refractivity contribution in [1.82, 2.24) is 4.90 Å². The summed E-state index contributed by atoms with van der Waals surface area (Å²) in [5.74, 6) is 1.65. The Balaban J connectivity index is 2.08. The SMILES string of the molecule is CC(C)C1CCCN(C(CN)c2cccc(Cl)c2)CC1. The number of hydrogen-bond donors (Lipinski definition) is 1. The van der Waals surface area contributed by atoms with Crippen molar-refractivity contribution in [1.29, 1.82) is 0 Å². The second-order valence-corrected chi connectivity index (χ2v) is 6.71. The number of benzene rings is 1. The van der Waals surface area contributed by atoms with Crippen LogP contribution in [0, 0.1) is 11.8 Å². The van der Waals surface area contributed by atoms with E-state index in [1.54, 1.807) is 0 Å². The molecule has 1 aromatic rings. The molecule has 0 spiro atoms. The van der Waals surface area contributed by atoms with Crippen molar-refractivity contribution >= 4 is 11.6 Å². The van der Waals surface area contributed by atoms with E-state index in [2.05, 4.69) is 30.9 Å². The Labute approximate surface area is 128 Å². The van der Waals surface area contributed by atoms with Crippen LogP contribution in [0.5, 0.6) is 0 Å². The monoisotopic (exact) mass is 294 g/mol. The molecule has 20 heavy (non-hydrogen) atoms. The molecule has 0 aromatic heterocycles. The van der Waals surface area contributed by atoms with Crippen LogP contribution in [0.1, 0.15) is 44.7 Å². The molecule has 2 nitrogen and oxygen atoms in total. The van der Waals surface area contributed by atoms with E-state index in [1.807, 2.05) is 12.1 Å². The van der Waals surface area contributed by atoms with Crippen molar-refractivity contribution in [2.75, 3.05) is 19.6 Å². The van der Waals surface area contributed by atoms with Gasteiger partial charge in [-0.3, -0.25) is 4.90 Å². The number of nitrogens with zero attached hydrogens (tertiary/aromatic N) is 1. The normalized spacial score (nSPS) is 22.8. The first-order chi connectivity index (χ1) is 9.61. The molecule has 2 atom stereocenters. The molecule has 3 heteroatoms. The molecule has 1 aliphatic heterocycles. The second-order valence-electron chi connectivity index (χ2n) is 6.28. The van der Waals surface area contributed by atoms with Crippen LogP contribution in [0.3, 0.4) is 0 Å². The first-order valence-corrected chi connectivity index (χ1v) is 8.19. The Bertz CT molecular complexity index is 419. The standard InChI is InChI=1S/C17H27ClN2/c1-13(2)14-6-4-9-20(10-8-14)17(12-19)15-5-3-7-16(18)11-15/h3,5,7,11,13-14,17H,4,6,8-10,12,19H2,1-2H3. The minimum absolute atomic E-state index is 0.305. The van der Waals surface area contributed by atoms with Crippen molar-refractivity contribution in [2.24, 2.45) is 17.6 Å². The quantitative estimate of drug-likeness (QED) is 0.906. The Kier molecular flexibility index (Phi) is 5.88. The average molecular weight is 295 g/mol. The Hall–Kier alpha value is -0.570. The van der Waals surface area contributed by atoms with Crippen LogP contribution in [-0.2, 0) is 0 Å². The van der Waals surface area contributed by atoms with Gasteiger partial charge in [0.15, 0.2) is 0 Å². The average Bonchev–Trinajstić information content (AvgIpc) is 2.66. The van der Waals surface area contributed by atoms with Crippen LogP contribution in [0.4, 0.5) is 0 Å². The van der Waals surface area contributed by atoms with Gasteiger partial charge in [-0.15, -0.1) is 0 Å². The number of nitrogens with two attached hydrogens (primary N) is 1. The summed E-state index contributed by atoms with van der Waals surface area (Å²) in [6.45, 7) is 7.65. The lowest BCUT2D eigenvalue weighted by Gasteiger charge is -2.30. The third-order valence-corrected chi connectivity index (χ3v) is 4.88. The molecule has 2 unspecified atom stereocenters. The van der Waals surface area contributed by atoms with Crippen molar-refractivity contribution in [3.8, 4) is 0 Å². The Morgan fingerprint density at radius 2 is 2.10 bits per heavy atom.